The molecule has 0 spiro atoms. The largest absolute Gasteiger partial charge is 0.365 e. The van der Waals surface area contributed by atoms with Gasteiger partial charge in [0.25, 0.3) is 0 Å². The normalized spacial score (nSPS) is 18.6. The van der Waals surface area contributed by atoms with Crippen molar-refractivity contribution < 1.29 is 0 Å². The Labute approximate surface area is 128 Å². The van der Waals surface area contributed by atoms with Crippen LogP contribution in [0.25, 0.3) is 0 Å². The number of anilines is 3. The van der Waals surface area contributed by atoms with Gasteiger partial charge in [0, 0.05) is 51.0 Å². The van der Waals surface area contributed by atoms with E-state index in [1.54, 1.807) is 17.5 Å². The first-order chi connectivity index (χ1) is 10.2. The summed E-state index contributed by atoms with van der Waals surface area (Å²) in [7, 11) is 3.90. The maximum Gasteiger partial charge on any atom is 0.226 e. The van der Waals surface area contributed by atoms with Gasteiger partial charge in [-0.05, 0) is 18.9 Å². The van der Waals surface area contributed by atoms with Gasteiger partial charge in [-0.3, -0.25) is 0 Å². The second kappa shape index (κ2) is 6.26. The molecule has 2 aromatic rings. The molecule has 1 unspecified atom stereocenters. The van der Waals surface area contributed by atoms with Crippen molar-refractivity contribution >= 4 is 28.2 Å². The molecule has 2 aromatic heterocycles. The lowest BCUT2D eigenvalue weighted by molar-refractivity contribution is 0.528. The van der Waals surface area contributed by atoms with Crippen molar-refractivity contribution in [3.05, 3.63) is 23.8 Å². The van der Waals surface area contributed by atoms with Gasteiger partial charge in [-0.25, -0.2) is 9.97 Å². The van der Waals surface area contributed by atoms with E-state index in [4.69, 9.17) is 0 Å². The molecule has 7 heteroatoms. The van der Waals surface area contributed by atoms with Crippen LogP contribution in [0.2, 0.25) is 0 Å². The van der Waals surface area contributed by atoms with Crippen LogP contribution < -0.4 is 15.1 Å². The van der Waals surface area contributed by atoms with Gasteiger partial charge in [0.2, 0.25) is 5.95 Å². The fraction of sp³-hybridized carbons (Fsp3) is 0.500. The third kappa shape index (κ3) is 3.41. The molecule has 3 rings (SSSR count). The zero-order valence-corrected chi connectivity index (χ0v) is 13.2. The van der Waals surface area contributed by atoms with Gasteiger partial charge < -0.3 is 15.1 Å². The molecule has 1 atom stereocenters. The summed E-state index contributed by atoms with van der Waals surface area (Å²) in [4.78, 5) is 17.4. The smallest absolute Gasteiger partial charge is 0.226 e. The van der Waals surface area contributed by atoms with Crippen LogP contribution in [0, 0.1) is 0 Å². The molecule has 0 bridgehead atoms. The monoisotopic (exact) mass is 304 g/mol. The van der Waals surface area contributed by atoms with Crippen molar-refractivity contribution in [1.29, 1.82) is 0 Å². The van der Waals surface area contributed by atoms with E-state index in [2.05, 4.69) is 25.2 Å². The Bertz CT molecular complexity index is 571. The van der Waals surface area contributed by atoms with E-state index in [-0.39, 0.29) is 0 Å². The highest BCUT2D eigenvalue weighted by molar-refractivity contribution is 7.13. The minimum absolute atomic E-state index is 0.396. The summed E-state index contributed by atoms with van der Waals surface area (Å²) in [5.41, 5.74) is 0. The molecule has 1 N–H and O–H groups in total. The Kier molecular flexibility index (Phi) is 4.19. The van der Waals surface area contributed by atoms with Crippen LogP contribution in [0.5, 0.6) is 0 Å². The molecule has 1 aliphatic heterocycles. The topological polar surface area (TPSA) is 57.2 Å². The predicted molar refractivity (Wildman–Crippen MR) is 87.3 cm³/mol. The lowest BCUT2D eigenvalue weighted by Gasteiger charge is -2.33. The van der Waals surface area contributed by atoms with Gasteiger partial charge in [-0.1, -0.05) is 0 Å². The van der Waals surface area contributed by atoms with E-state index >= 15 is 0 Å². The lowest BCUT2D eigenvalue weighted by Crippen LogP contribution is -2.42. The molecule has 1 saturated heterocycles. The van der Waals surface area contributed by atoms with Crippen LogP contribution in [-0.4, -0.2) is 48.2 Å². The van der Waals surface area contributed by atoms with E-state index in [0.29, 0.717) is 6.04 Å². The molecule has 0 amide bonds. The molecule has 1 fully saturated rings. The highest BCUT2D eigenvalue weighted by atomic mass is 32.1. The second-order valence-corrected chi connectivity index (χ2v) is 6.25. The van der Waals surface area contributed by atoms with Crippen LogP contribution in [0.15, 0.2) is 23.8 Å². The third-order valence-electron chi connectivity index (χ3n) is 3.51. The van der Waals surface area contributed by atoms with Crippen LogP contribution in [-0.2, 0) is 0 Å². The van der Waals surface area contributed by atoms with Crippen molar-refractivity contribution in [2.75, 3.05) is 42.3 Å². The predicted octanol–water partition coefficient (Wildman–Crippen LogP) is 2.08. The SMILES string of the molecule is CN(C)c1nccc(NC2CCCN(c3nccs3)C2)n1. The molecule has 6 nitrogen and oxygen atoms in total. The molecule has 112 valence electrons. The summed E-state index contributed by atoms with van der Waals surface area (Å²) in [5.74, 6) is 1.62. The number of hydrogen-bond donors (Lipinski definition) is 1. The number of thiazole rings is 1. The summed E-state index contributed by atoms with van der Waals surface area (Å²) < 4.78 is 0. The molecule has 0 radical (unpaired) electrons. The first-order valence-corrected chi connectivity index (χ1v) is 8.01. The summed E-state index contributed by atoms with van der Waals surface area (Å²) in [6.07, 6.45) is 5.99. The van der Waals surface area contributed by atoms with Crippen LogP contribution in [0.3, 0.4) is 0 Å². The first-order valence-electron chi connectivity index (χ1n) is 7.14. The highest BCUT2D eigenvalue weighted by Gasteiger charge is 2.21. The number of nitrogens with one attached hydrogen (secondary N) is 1. The number of hydrogen-bond acceptors (Lipinski definition) is 7. The molecule has 21 heavy (non-hydrogen) atoms. The third-order valence-corrected chi connectivity index (χ3v) is 4.34. The van der Waals surface area contributed by atoms with E-state index in [0.717, 1.165) is 36.4 Å². The molecule has 1 aliphatic rings. The van der Waals surface area contributed by atoms with Crippen molar-refractivity contribution in [3.8, 4) is 0 Å². The Morgan fingerprint density at radius 2 is 2.24 bits per heavy atom. The quantitative estimate of drug-likeness (QED) is 0.933. The number of nitrogens with zero attached hydrogens (tertiary/aromatic N) is 5. The zero-order chi connectivity index (χ0) is 14.7. The number of piperidine rings is 1. The molecule has 0 aromatic carbocycles. The Hall–Kier alpha value is -1.89. The van der Waals surface area contributed by atoms with Gasteiger partial charge in [0.1, 0.15) is 5.82 Å². The van der Waals surface area contributed by atoms with Gasteiger partial charge in [-0.15, -0.1) is 11.3 Å². The molecule has 0 saturated carbocycles. The molecule has 3 heterocycles. The van der Waals surface area contributed by atoms with E-state index in [9.17, 15) is 0 Å². The average molecular weight is 304 g/mol. The van der Waals surface area contributed by atoms with Crippen molar-refractivity contribution in [2.24, 2.45) is 0 Å². The van der Waals surface area contributed by atoms with Crippen LogP contribution in [0.4, 0.5) is 16.9 Å². The highest BCUT2D eigenvalue weighted by Crippen LogP contribution is 2.23. The summed E-state index contributed by atoms with van der Waals surface area (Å²) >= 11 is 1.70. The van der Waals surface area contributed by atoms with Gasteiger partial charge in [0.05, 0.1) is 0 Å². The number of rotatable bonds is 4. The Morgan fingerprint density at radius 3 is 3.00 bits per heavy atom. The standard InChI is InChI=1S/C14H20N6S/c1-19(2)13-15-6-5-12(18-13)17-11-4-3-8-20(10-11)14-16-7-9-21-14/h5-7,9,11H,3-4,8,10H2,1-2H3,(H,15,17,18). The lowest BCUT2D eigenvalue weighted by atomic mass is 10.1. The molecular formula is C14H20N6S. The van der Waals surface area contributed by atoms with E-state index in [1.165, 1.54) is 6.42 Å². The summed E-state index contributed by atoms with van der Waals surface area (Å²) in [5, 5.41) is 6.66. The average Bonchev–Trinajstić information content (AvgIpc) is 3.02. The maximum atomic E-state index is 4.53. The van der Waals surface area contributed by atoms with Crippen molar-refractivity contribution in [1.82, 2.24) is 15.0 Å². The molecular weight excluding hydrogens is 284 g/mol. The summed E-state index contributed by atoms with van der Waals surface area (Å²) in [6, 6.07) is 2.32. The molecule has 0 aliphatic carbocycles. The fourth-order valence-electron chi connectivity index (χ4n) is 2.49. The zero-order valence-electron chi connectivity index (χ0n) is 12.4. The minimum atomic E-state index is 0.396. The Morgan fingerprint density at radius 1 is 1.33 bits per heavy atom. The van der Waals surface area contributed by atoms with Crippen molar-refractivity contribution in [2.45, 2.75) is 18.9 Å². The van der Waals surface area contributed by atoms with Gasteiger partial charge >= 0.3 is 0 Å². The van der Waals surface area contributed by atoms with E-state index in [1.807, 2.05) is 36.6 Å². The van der Waals surface area contributed by atoms with Crippen LogP contribution >= 0.6 is 11.3 Å². The van der Waals surface area contributed by atoms with Gasteiger partial charge in [0.15, 0.2) is 5.13 Å². The van der Waals surface area contributed by atoms with Crippen molar-refractivity contribution in [3.63, 3.8) is 0 Å². The van der Waals surface area contributed by atoms with E-state index < -0.39 is 0 Å². The minimum Gasteiger partial charge on any atom is -0.365 e. The summed E-state index contributed by atoms with van der Waals surface area (Å²) in [6.45, 7) is 2.05. The van der Waals surface area contributed by atoms with Crippen LogP contribution in [0.1, 0.15) is 12.8 Å². The fourth-order valence-corrected chi connectivity index (χ4v) is 3.17. The maximum absolute atomic E-state index is 4.53. The van der Waals surface area contributed by atoms with Gasteiger partial charge in [-0.2, -0.15) is 4.98 Å². The number of aromatic nitrogens is 3. The second-order valence-electron chi connectivity index (χ2n) is 5.38. The Balaban J connectivity index is 1.66. The first kappa shape index (κ1) is 14.1.